The van der Waals surface area contributed by atoms with Gasteiger partial charge >= 0.3 is 6.08 Å². The Morgan fingerprint density at radius 1 is 1.00 bits per heavy atom. The average molecular weight is 129 g/mol. The van der Waals surface area contributed by atoms with E-state index in [4.69, 9.17) is 11.5 Å². The van der Waals surface area contributed by atoms with Crippen LogP contribution in [0.3, 0.4) is 0 Å². The van der Waals surface area contributed by atoms with E-state index in [1.165, 1.54) is 0 Å². The van der Waals surface area contributed by atoms with Gasteiger partial charge in [-0.15, -0.1) is 0 Å². The Labute approximate surface area is 49.9 Å². The Morgan fingerprint density at radius 3 is 1.78 bits per heavy atom. The van der Waals surface area contributed by atoms with Crippen molar-refractivity contribution < 1.29 is 4.39 Å². The second-order valence-electron chi connectivity index (χ2n) is 1.32. The third-order valence-corrected chi connectivity index (χ3v) is 0.643. The first-order chi connectivity index (χ1) is 4.18. The summed E-state index contributed by atoms with van der Waals surface area (Å²) in [6, 6.07) is 0. The van der Waals surface area contributed by atoms with Crippen molar-refractivity contribution in [1.29, 1.82) is 0 Å². The van der Waals surface area contributed by atoms with Crippen LogP contribution in [0.1, 0.15) is 0 Å². The van der Waals surface area contributed by atoms with Crippen molar-refractivity contribution >= 4 is 11.9 Å². The standard InChI is InChI=1S/C3H4FN5/c4-1-7-2(5)9-3(6)8-1/h(H4,5,6,7,8,9). The van der Waals surface area contributed by atoms with Gasteiger partial charge in [0.2, 0.25) is 11.9 Å². The molecule has 0 aromatic carbocycles. The maximum Gasteiger partial charge on any atom is 0.315 e. The Kier molecular flexibility index (Phi) is 1.14. The van der Waals surface area contributed by atoms with E-state index in [1.54, 1.807) is 0 Å². The molecule has 0 amide bonds. The Bertz CT molecular complexity index is 173. The van der Waals surface area contributed by atoms with Crippen LogP contribution in [0, 0.1) is 6.08 Å². The molecule has 1 aromatic rings. The summed E-state index contributed by atoms with van der Waals surface area (Å²) in [6.45, 7) is 0. The lowest BCUT2D eigenvalue weighted by Gasteiger charge is -1.91. The number of rotatable bonds is 0. The second kappa shape index (κ2) is 1.81. The van der Waals surface area contributed by atoms with E-state index in [1.807, 2.05) is 0 Å². The smallest absolute Gasteiger partial charge is 0.315 e. The fourth-order valence-electron chi connectivity index (χ4n) is 0.381. The zero-order valence-electron chi connectivity index (χ0n) is 4.37. The minimum absolute atomic E-state index is 0.208. The molecule has 0 aliphatic carbocycles. The predicted molar refractivity (Wildman–Crippen MR) is 28.6 cm³/mol. The van der Waals surface area contributed by atoms with Crippen molar-refractivity contribution in [1.82, 2.24) is 15.0 Å². The minimum Gasteiger partial charge on any atom is -0.368 e. The number of anilines is 2. The van der Waals surface area contributed by atoms with Crippen molar-refractivity contribution in [2.75, 3.05) is 11.5 Å². The van der Waals surface area contributed by atoms with E-state index in [-0.39, 0.29) is 11.9 Å². The van der Waals surface area contributed by atoms with Gasteiger partial charge in [-0.2, -0.15) is 19.3 Å². The monoisotopic (exact) mass is 129 g/mol. The van der Waals surface area contributed by atoms with Gasteiger partial charge in [0.1, 0.15) is 0 Å². The molecular formula is C3H4FN5. The molecule has 1 rings (SSSR count). The van der Waals surface area contributed by atoms with Crippen LogP contribution in [0.15, 0.2) is 0 Å². The van der Waals surface area contributed by atoms with Crippen LogP contribution in [-0.4, -0.2) is 15.0 Å². The summed E-state index contributed by atoms with van der Waals surface area (Å²) in [5, 5.41) is 0. The van der Waals surface area contributed by atoms with Gasteiger partial charge in [-0.05, 0) is 0 Å². The van der Waals surface area contributed by atoms with Gasteiger partial charge in [-0.3, -0.25) is 0 Å². The minimum atomic E-state index is -0.958. The maximum absolute atomic E-state index is 12.0. The third kappa shape index (κ3) is 1.21. The van der Waals surface area contributed by atoms with Gasteiger partial charge in [-0.1, -0.05) is 0 Å². The zero-order chi connectivity index (χ0) is 6.85. The van der Waals surface area contributed by atoms with Crippen LogP contribution < -0.4 is 11.5 Å². The first-order valence-electron chi connectivity index (χ1n) is 2.11. The molecular weight excluding hydrogens is 125 g/mol. The number of halogens is 1. The molecule has 0 fully saturated rings. The van der Waals surface area contributed by atoms with Gasteiger partial charge in [0.25, 0.3) is 0 Å². The molecule has 0 saturated heterocycles. The highest BCUT2D eigenvalue weighted by molar-refractivity contribution is 5.23. The Morgan fingerprint density at radius 2 is 1.44 bits per heavy atom. The van der Waals surface area contributed by atoms with Crippen molar-refractivity contribution in [3.63, 3.8) is 0 Å². The molecule has 5 nitrogen and oxygen atoms in total. The third-order valence-electron chi connectivity index (χ3n) is 0.643. The molecule has 0 spiro atoms. The Hall–Kier alpha value is -1.46. The lowest BCUT2D eigenvalue weighted by atomic mass is 10.9. The highest BCUT2D eigenvalue weighted by Gasteiger charge is 1.96. The molecule has 0 atom stereocenters. The molecule has 9 heavy (non-hydrogen) atoms. The summed E-state index contributed by atoms with van der Waals surface area (Å²) in [4.78, 5) is 9.41. The maximum atomic E-state index is 12.0. The molecule has 0 unspecified atom stereocenters. The number of hydrogen-bond donors (Lipinski definition) is 2. The van der Waals surface area contributed by atoms with Crippen LogP contribution in [0.4, 0.5) is 16.3 Å². The van der Waals surface area contributed by atoms with E-state index in [9.17, 15) is 4.39 Å². The number of hydrogen-bond acceptors (Lipinski definition) is 5. The quantitative estimate of drug-likeness (QED) is 0.477. The summed E-state index contributed by atoms with van der Waals surface area (Å²) in [6.07, 6.45) is -0.958. The molecule has 48 valence electrons. The topological polar surface area (TPSA) is 90.7 Å². The molecule has 0 bridgehead atoms. The SMILES string of the molecule is Nc1nc(N)nc(F)n1. The highest BCUT2D eigenvalue weighted by atomic mass is 19.1. The van der Waals surface area contributed by atoms with E-state index in [0.717, 1.165) is 0 Å². The molecule has 1 aromatic heterocycles. The van der Waals surface area contributed by atoms with Gasteiger partial charge in [0.05, 0.1) is 0 Å². The fourth-order valence-corrected chi connectivity index (χ4v) is 0.381. The van der Waals surface area contributed by atoms with Crippen LogP contribution >= 0.6 is 0 Å². The lowest BCUT2D eigenvalue weighted by molar-refractivity contribution is 0.538. The summed E-state index contributed by atoms with van der Waals surface area (Å²) < 4.78 is 12.0. The van der Waals surface area contributed by atoms with Gasteiger partial charge in [-0.25, -0.2) is 0 Å². The van der Waals surface area contributed by atoms with E-state index in [0.29, 0.717) is 0 Å². The molecule has 0 radical (unpaired) electrons. The predicted octanol–water partition coefficient (Wildman–Crippen LogP) is -0.825. The largest absolute Gasteiger partial charge is 0.368 e. The highest BCUT2D eigenvalue weighted by Crippen LogP contribution is 1.94. The first-order valence-corrected chi connectivity index (χ1v) is 2.11. The first kappa shape index (κ1) is 5.67. The molecule has 0 aliphatic heterocycles. The number of nitrogens with two attached hydrogens (primary N) is 2. The molecule has 4 N–H and O–H groups in total. The van der Waals surface area contributed by atoms with E-state index >= 15 is 0 Å². The van der Waals surface area contributed by atoms with Gasteiger partial charge in [0, 0.05) is 0 Å². The number of aromatic nitrogens is 3. The summed E-state index contributed by atoms with van der Waals surface area (Å²) >= 11 is 0. The second-order valence-corrected chi connectivity index (χ2v) is 1.32. The van der Waals surface area contributed by atoms with Crippen LogP contribution in [0.2, 0.25) is 0 Å². The molecule has 6 heteroatoms. The summed E-state index contributed by atoms with van der Waals surface area (Å²) in [7, 11) is 0. The molecule has 1 heterocycles. The average Bonchev–Trinajstić information content (AvgIpc) is 1.59. The van der Waals surface area contributed by atoms with Crippen molar-refractivity contribution in [2.45, 2.75) is 0 Å². The lowest BCUT2D eigenvalue weighted by Crippen LogP contribution is -2.04. The van der Waals surface area contributed by atoms with Crippen molar-refractivity contribution in [3.8, 4) is 0 Å². The molecule has 0 aliphatic rings. The summed E-state index contributed by atoms with van der Waals surface area (Å²) in [5.41, 5.74) is 9.95. The normalized spacial score (nSPS) is 9.44. The summed E-state index contributed by atoms with van der Waals surface area (Å²) in [5.74, 6) is -0.417. The van der Waals surface area contributed by atoms with Crippen LogP contribution in [0.25, 0.3) is 0 Å². The number of nitrogen functional groups attached to an aromatic ring is 2. The van der Waals surface area contributed by atoms with Gasteiger partial charge < -0.3 is 11.5 Å². The number of nitrogens with zero attached hydrogens (tertiary/aromatic N) is 3. The zero-order valence-corrected chi connectivity index (χ0v) is 4.37. The Balaban J connectivity index is 3.17. The van der Waals surface area contributed by atoms with Crippen LogP contribution in [-0.2, 0) is 0 Å². The van der Waals surface area contributed by atoms with Crippen LogP contribution in [0.5, 0.6) is 0 Å². The molecule has 0 saturated carbocycles. The van der Waals surface area contributed by atoms with E-state index in [2.05, 4.69) is 15.0 Å². The van der Waals surface area contributed by atoms with Crippen molar-refractivity contribution in [3.05, 3.63) is 6.08 Å². The fraction of sp³-hybridized carbons (Fsp3) is 0. The van der Waals surface area contributed by atoms with E-state index < -0.39 is 6.08 Å². The van der Waals surface area contributed by atoms with Gasteiger partial charge in [0.15, 0.2) is 0 Å². The van der Waals surface area contributed by atoms with Crippen molar-refractivity contribution in [2.24, 2.45) is 0 Å².